The Bertz CT molecular complexity index is 1340. The summed E-state index contributed by atoms with van der Waals surface area (Å²) in [6.45, 7) is 4.22. The molecule has 2 aromatic carbocycles. The van der Waals surface area contributed by atoms with E-state index in [1.165, 1.54) is 0 Å². The Morgan fingerprint density at radius 2 is 1.89 bits per heavy atom. The molecule has 1 atom stereocenters. The molecule has 4 aromatic rings. The van der Waals surface area contributed by atoms with Gasteiger partial charge in [0.15, 0.2) is 11.5 Å². The third-order valence-electron chi connectivity index (χ3n) is 5.33. The van der Waals surface area contributed by atoms with Crippen LogP contribution in [0.25, 0.3) is 22.6 Å². The molecule has 3 heterocycles. The number of hydrogen-bond donors (Lipinski definition) is 1. The number of carbonyl (C=O) groups excluding carboxylic acids is 1. The molecule has 1 N–H and O–H groups in total. The van der Waals surface area contributed by atoms with Gasteiger partial charge in [0, 0.05) is 22.6 Å². The molecule has 8 nitrogen and oxygen atoms in total. The molecule has 0 fully saturated rings. The number of esters is 1. The lowest BCUT2D eigenvalue weighted by Crippen LogP contribution is -2.16. The van der Waals surface area contributed by atoms with Gasteiger partial charge < -0.3 is 19.2 Å². The number of ether oxygens (including phenoxy) is 2. The summed E-state index contributed by atoms with van der Waals surface area (Å²) in [4.78, 5) is 16.6. The minimum absolute atomic E-state index is 0.335. The van der Waals surface area contributed by atoms with Crippen molar-refractivity contribution in [2.45, 2.75) is 31.7 Å². The summed E-state index contributed by atoms with van der Waals surface area (Å²) in [7, 11) is 0. The van der Waals surface area contributed by atoms with Gasteiger partial charge in [0.2, 0.25) is 17.3 Å². The molecule has 0 saturated heterocycles. The van der Waals surface area contributed by atoms with Gasteiger partial charge in [-0.3, -0.25) is 0 Å². The van der Waals surface area contributed by atoms with Crippen molar-refractivity contribution in [1.29, 1.82) is 0 Å². The molecule has 0 radical (unpaired) electrons. The highest BCUT2D eigenvalue weighted by Gasteiger charge is 2.28. The zero-order valence-electron chi connectivity index (χ0n) is 19.4. The van der Waals surface area contributed by atoms with E-state index >= 15 is 0 Å². The third kappa shape index (κ3) is 4.85. The van der Waals surface area contributed by atoms with Crippen LogP contribution in [0.15, 0.2) is 70.2 Å². The van der Waals surface area contributed by atoms with Crippen molar-refractivity contribution in [2.75, 3.05) is 17.7 Å². The van der Waals surface area contributed by atoms with Gasteiger partial charge in [-0.25, -0.2) is 4.79 Å². The molecule has 178 valence electrons. The number of para-hydroxylation sites is 1. The van der Waals surface area contributed by atoms with Gasteiger partial charge in [0.25, 0.3) is 0 Å². The van der Waals surface area contributed by atoms with Gasteiger partial charge in [-0.1, -0.05) is 49.0 Å². The topological polar surface area (TPSA) is 99.4 Å². The Morgan fingerprint density at radius 1 is 1.06 bits per heavy atom. The number of aromatic nitrogens is 3. The van der Waals surface area contributed by atoms with Crippen molar-refractivity contribution in [2.24, 2.45) is 0 Å². The summed E-state index contributed by atoms with van der Waals surface area (Å²) in [5, 5.41) is 12.7. The van der Waals surface area contributed by atoms with Gasteiger partial charge in [-0.05, 0) is 43.7 Å². The van der Waals surface area contributed by atoms with Gasteiger partial charge in [-0.2, -0.15) is 4.98 Å². The van der Waals surface area contributed by atoms with Gasteiger partial charge in [-0.15, -0.1) is 10.2 Å². The third-order valence-corrected chi connectivity index (χ3v) is 6.38. The number of fused-ring (bicyclic) bond motifs is 3. The lowest BCUT2D eigenvalue weighted by atomic mass is 10.1. The van der Waals surface area contributed by atoms with E-state index in [1.54, 1.807) is 30.8 Å². The molecule has 1 aliphatic rings. The zero-order chi connectivity index (χ0) is 24.2. The molecule has 5 rings (SSSR count). The Kier molecular flexibility index (Phi) is 6.67. The molecule has 0 spiro atoms. The van der Waals surface area contributed by atoms with Crippen LogP contribution in [0.2, 0.25) is 0 Å². The predicted molar refractivity (Wildman–Crippen MR) is 133 cm³/mol. The minimum Gasteiger partial charge on any atom is -0.462 e. The number of hydrogen-bond acceptors (Lipinski definition) is 9. The summed E-state index contributed by atoms with van der Waals surface area (Å²) >= 11 is 1.54. The fourth-order valence-corrected chi connectivity index (χ4v) is 4.30. The Labute approximate surface area is 207 Å². The number of nitrogens with one attached hydrogen (secondary N) is 1. The smallest absolute Gasteiger partial charge is 0.338 e. The summed E-state index contributed by atoms with van der Waals surface area (Å²) < 4.78 is 17.5. The summed E-state index contributed by atoms with van der Waals surface area (Å²) in [6, 6.07) is 18.6. The molecule has 2 aromatic heterocycles. The fourth-order valence-electron chi connectivity index (χ4n) is 3.66. The van der Waals surface area contributed by atoms with E-state index in [1.807, 2.05) is 48.5 Å². The van der Waals surface area contributed by atoms with E-state index in [-0.39, 0.29) is 5.97 Å². The number of benzene rings is 2. The summed E-state index contributed by atoms with van der Waals surface area (Å²) in [6.07, 6.45) is 0.389. The standard InChI is InChI=1S/C26H24N4O4S/c1-3-15-35-26-28-24-22(29-30-26)18-7-5-6-8-19(18)27-23(34-24)21-14-13-20(33-21)16-9-11-17(12-10-16)25(31)32-4-2/h5-14,23,27H,3-4,15H2,1-2H3/t23-/m1/s1. The zero-order valence-corrected chi connectivity index (χ0v) is 20.2. The van der Waals surface area contributed by atoms with Crippen LogP contribution in [0.4, 0.5) is 5.69 Å². The van der Waals surface area contributed by atoms with Crippen molar-refractivity contribution in [3.05, 3.63) is 72.0 Å². The largest absolute Gasteiger partial charge is 0.462 e. The lowest BCUT2D eigenvalue weighted by molar-refractivity contribution is 0.0526. The Balaban J connectivity index is 1.45. The first kappa shape index (κ1) is 22.9. The van der Waals surface area contributed by atoms with Crippen molar-refractivity contribution in [3.8, 4) is 28.5 Å². The van der Waals surface area contributed by atoms with Crippen LogP contribution in [0.1, 0.15) is 42.6 Å². The number of nitrogens with zero attached hydrogens (tertiary/aromatic N) is 3. The quantitative estimate of drug-likeness (QED) is 0.249. The number of rotatable bonds is 7. The van der Waals surface area contributed by atoms with Gasteiger partial charge in [0.1, 0.15) is 5.76 Å². The van der Waals surface area contributed by atoms with Crippen LogP contribution in [-0.4, -0.2) is 33.5 Å². The average Bonchev–Trinajstić information content (AvgIpc) is 3.32. The Morgan fingerprint density at radius 3 is 2.69 bits per heavy atom. The number of anilines is 1. The second-order valence-corrected chi connectivity index (χ2v) is 8.85. The van der Waals surface area contributed by atoms with E-state index in [0.29, 0.717) is 40.4 Å². The average molecular weight is 489 g/mol. The second kappa shape index (κ2) is 10.2. The number of thioether (sulfide) groups is 1. The number of carbonyl (C=O) groups is 1. The molecule has 35 heavy (non-hydrogen) atoms. The molecule has 0 saturated carbocycles. The normalized spacial score (nSPS) is 14.2. The maximum absolute atomic E-state index is 11.9. The highest BCUT2D eigenvalue weighted by Crippen LogP contribution is 2.40. The lowest BCUT2D eigenvalue weighted by Gasteiger charge is -2.16. The molecule has 0 unspecified atom stereocenters. The van der Waals surface area contributed by atoms with E-state index in [0.717, 1.165) is 29.0 Å². The van der Waals surface area contributed by atoms with Crippen molar-refractivity contribution < 1.29 is 18.7 Å². The first-order chi connectivity index (χ1) is 17.2. The molecular formula is C26H24N4O4S. The van der Waals surface area contributed by atoms with Crippen LogP contribution in [-0.2, 0) is 4.74 Å². The predicted octanol–water partition coefficient (Wildman–Crippen LogP) is 5.98. The molecule has 0 amide bonds. The molecule has 0 bridgehead atoms. The maximum Gasteiger partial charge on any atom is 0.338 e. The van der Waals surface area contributed by atoms with E-state index in [2.05, 4.69) is 27.4 Å². The van der Waals surface area contributed by atoms with Crippen molar-refractivity contribution in [3.63, 3.8) is 0 Å². The van der Waals surface area contributed by atoms with Crippen LogP contribution >= 0.6 is 11.8 Å². The number of furan rings is 1. The molecule has 9 heteroatoms. The van der Waals surface area contributed by atoms with E-state index in [4.69, 9.17) is 13.9 Å². The van der Waals surface area contributed by atoms with Crippen molar-refractivity contribution >= 4 is 23.4 Å². The second-order valence-electron chi connectivity index (χ2n) is 7.78. The van der Waals surface area contributed by atoms with Crippen LogP contribution in [0.5, 0.6) is 5.88 Å². The van der Waals surface area contributed by atoms with Crippen molar-refractivity contribution in [1.82, 2.24) is 15.2 Å². The highest BCUT2D eigenvalue weighted by molar-refractivity contribution is 7.99. The monoisotopic (exact) mass is 488 g/mol. The Hall–Kier alpha value is -3.85. The summed E-state index contributed by atoms with van der Waals surface area (Å²) in [5.41, 5.74) is 3.61. The molecular weight excluding hydrogens is 464 g/mol. The van der Waals surface area contributed by atoms with E-state index < -0.39 is 6.23 Å². The highest BCUT2D eigenvalue weighted by atomic mass is 32.2. The van der Waals surface area contributed by atoms with Gasteiger partial charge >= 0.3 is 5.97 Å². The van der Waals surface area contributed by atoms with E-state index in [9.17, 15) is 4.79 Å². The molecule has 0 aliphatic carbocycles. The molecule has 1 aliphatic heterocycles. The van der Waals surface area contributed by atoms with Crippen LogP contribution in [0.3, 0.4) is 0 Å². The van der Waals surface area contributed by atoms with Crippen LogP contribution < -0.4 is 10.1 Å². The first-order valence-electron chi connectivity index (χ1n) is 11.4. The van der Waals surface area contributed by atoms with Crippen LogP contribution in [0, 0.1) is 0 Å². The SMILES string of the molecule is CCCSc1nnc2c(n1)O[C@H](c1ccc(-c3ccc(C(=O)OCC)cc3)o1)Nc1ccccc1-2. The minimum atomic E-state index is -0.620. The fraction of sp³-hybridized carbons (Fsp3) is 0.231. The van der Waals surface area contributed by atoms with Gasteiger partial charge in [0.05, 0.1) is 12.2 Å². The summed E-state index contributed by atoms with van der Waals surface area (Å²) in [5.74, 6) is 2.18. The first-order valence-corrected chi connectivity index (χ1v) is 12.4. The maximum atomic E-state index is 11.9.